The van der Waals surface area contributed by atoms with Crippen molar-refractivity contribution < 1.29 is 19.4 Å². The van der Waals surface area contributed by atoms with Gasteiger partial charge in [0.2, 0.25) is 0 Å². The summed E-state index contributed by atoms with van der Waals surface area (Å²) in [6.45, 7) is 0.167. The van der Waals surface area contributed by atoms with Crippen LogP contribution < -0.4 is 5.73 Å². The zero-order chi connectivity index (χ0) is 12.8. The van der Waals surface area contributed by atoms with Gasteiger partial charge in [-0.1, -0.05) is 18.2 Å². The van der Waals surface area contributed by atoms with E-state index < -0.39 is 11.9 Å². The molecule has 0 amide bonds. The van der Waals surface area contributed by atoms with Crippen LogP contribution in [-0.2, 0) is 9.53 Å². The van der Waals surface area contributed by atoms with E-state index in [4.69, 9.17) is 10.8 Å². The predicted molar refractivity (Wildman–Crippen MR) is 61.8 cm³/mol. The Morgan fingerprint density at radius 2 is 2.06 bits per heavy atom. The van der Waals surface area contributed by atoms with Crippen LogP contribution in [0.4, 0.5) is 0 Å². The van der Waals surface area contributed by atoms with Gasteiger partial charge in [0.05, 0.1) is 19.1 Å². The fraction of sp³-hybridized carbons (Fsp3) is 0.333. The van der Waals surface area contributed by atoms with Gasteiger partial charge >= 0.3 is 11.9 Å². The van der Waals surface area contributed by atoms with Crippen LogP contribution in [0.1, 0.15) is 28.3 Å². The molecule has 5 heteroatoms. The number of ether oxygens (including phenoxy) is 1. The number of benzene rings is 1. The smallest absolute Gasteiger partial charge is 0.338 e. The van der Waals surface area contributed by atoms with Gasteiger partial charge in [-0.25, -0.2) is 4.79 Å². The van der Waals surface area contributed by atoms with Crippen LogP contribution in [0.25, 0.3) is 0 Å². The lowest BCUT2D eigenvalue weighted by atomic mass is 9.91. The zero-order valence-electron chi connectivity index (χ0n) is 9.55. The monoisotopic (exact) mass is 237 g/mol. The molecule has 0 saturated carbocycles. The van der Waals surface area contributed by atoms with Crippen LogP contribution in [0.15, 0.2) is 24.3 Å². The molecule has 0 heterocycles. The Morgan fingerprint density at radius 1 is 1.41 bits per heavy atom. The molecule has 5 nitrogen and oxygen atoms in total. The van der Waals surface area contributed by atoms with E-state index in [-0.39, 0.29) is 18.9 Å². The third-order valence-corrected chi connectivity index (χ3v) is 2.51. The highest BCUT2D eigenvalue weighted by atomic mass is 16.5. The highest BCUT2D eigenvalue weighted by Crippen LogP contribution is 2.23. The summed E-state index contributed by atoms with van der Waals surface area (Å²) in [6, 6.07) is 6.74. The van der Waals surface area contributed by atoms with Gasteiger partial charge < -0.3 is 15.6 Å². The van der Waals surface area contributed by atoms with E-state index in [1.807, 2.05) is 0 Å². The second-order valence-corrected chi connectivity index (χ2v) is 3.61. The normalized spacial score (nSPS) is 11.9. The molecule has 1 rings (SSSR count). The lowest BCUT2D eigenvalue weighted by Gasteiger charge is -2.15. The molecule has 1 unspecified atom stereocenters. The summed E-state index contributed by atoms with van der Waals surface area (Å²) >= 11 is 0. The van der Waals surface area contributed by atoms with E-state index in [0.717, 1.165) is 0 Å². The highest BCUT2D eigenvalue weighted by molar-refractivity contribution is 5.91. The highest BCUT2D eigenvalue weighted by Gasteiger charge is 2.20. The second kappa shape index (κ2) is 6.00. The summed E-state index contributed by atoms with van der Waals surface area (Å²) in [6.07, 6.45) is -0.107. The molecule has 0 aliphatic heterocycles. The van der Waals surface area contributed by atoms with Crippen LogP contribution >= 0.6 is 0 Å². The van der Waals surface area contributed by atoms with Crippen molar-refractivity contribution in [3.8, 4) is 0 Å². The minimum atomic E-state index is -0.944. The van der Waals surface area contributed by atoms with Gasteiger partial charge in [0, 0.05) is 5.92 Å². The van der Waals surface area contributed by atoms with Gasteiger partial charge in [0.15, 0.2) is 0 Å². The fourth-order valence-electron chi connectivity index (χ4n) is 1.68. The molecule has 0 saturated heterocycles. The number of carbonyl (C=O) groups is 2. The molecule has 92 valence electrons. The van der Waals surface area contributed by atoms with Gasteiger partial charge in [-0.3, -0.25) is 4.79 Å². The molecule has 0 aliphatic carbocycles. The average molecular weight is 237 g/mol. The number of carboxylic acids is 1. The van der Waals surface area contributed by atoms with Gasteiger partial charge in [0.1, 0.15) is 0 Å². The van der Waals surface area contributed by atoms with Crippen molar-refractivity contribution in [2.24, 2.45) is 5.73 Å². The van der Waals surface area contributed by atoms with Crippen LogP contribution in [0, 0.1) is 0 Å². The van der Waals surface area contributed by atoms with Gasteiger partial charge in [0.25, 0.3) is 0 Å². The third kappa shape index (κ3) is 3.29. The zero-order valence-corrected chi connectivity index (χ0v) is 9.55. The maximum Gasteiger partial charge on any atom is 0.338 e. The lowest BCUT2D eigenvalue weighted by molar-refractivity contribution is -0.137. The Balaban J connectivity index is 3.09. The maximum atomic E-state index is 11.5. The van der Waals surface area contributed by atoms with E-state index in [2.05, 4.69) is 4.74 Å². The van der Waals surface area contributed by atoms with Crippen LogP contribution in [0.3, 0.4) is 0 Å². The number of hydrogen-bond acceptors (Lipinski definition) is 4. The van der Waals surface area contributed by atoms with E-state index in [0.29, 0.717) is 11.1 Å². The SMILES string of the molecule is COC(=O)c1ccccc1C(CN)CC(=O)O. The fourth-order valence-corrected chi connectivity index (χ4v) is 1.68. The molecular formula is C12H15NO4. The van der Waals surface area contributed by atoms with Crippen molar-refractivity contribution in [3.63, 3.8) is 0 Å². The van der Waals surface area contributed by atoms with Crippen molar-refractivity contribution in [3.05, 3.63) is 35.4 Å². The molecular weight excluding hydrogens is 222 g/mol. The predicted octanol–water partition coefficient (Wildman–Crippen LogP) is 0.990. The summed E-state index contributed by atoms with van der Waals surface area (Å²) < 4.78 is 4.65. The summed E-state index contributed by atoms with van der Waals surface area (Å²) in [7, 11) is 1.29. The van der Waals surface area contributed by atoms with Crippen LogP contribution in [0.5, 0.6) is 0 Å². The standard InChI is InChI=1S/C12H15NO4/c1-17-12(16)10-5-3-2-4-9(10)8(7-13)6-11(14)15/h2-5,8H,6-7,13H2,1H3,(H,14,15). The summed E-state index contributed by atoms with van der Waals surface area (Å²) in [4.78, 5) is 22.3. The summed E-state index contributed by atoms with van der Waals surface area (Å²) in [5.41, 5.74) is 6.53. The molecule has 17 heavy (non-hydrogen) atoms. The Morgan fingerprint density at radius 3 is 2.59 bits per heavy atom. The first-order valence-corrected chi connectivity index (χ1v) is 5.19. The van der Waals surface area contributed by atoms with E-state index >= 15 is 0 Å². The minimum absolute atomic E-state index is 0.107. The third-order valence-electron chi connectivity index (χ3n) is 2.51. The Bertz CT molecular complexity index is 417. The molecule has 0 spiro atoms. The molecule has 0 bridgehead atoms. The number of esters is 1. The molecule has 1 aromatic rings. The molecule has 0 fully saturated rings. The first kappa shape index (κ1) is 13.2. The molecule has 0 aliphatic rings. The van der Waals surface area contributed by atoms with E-state index in [9.17, 15) is 9.59 Å². The van der Waals surface area contributed by atoms with Gasteiger partial charge in [-0.15, -0.1) is 0 Å². The Kier molecular flexibility index (Phi) is 4.66. The number of aliphatic carboxylic acids is 1. The van der Waals surface area contributed by atoms with Crippen molar-refractivity contribution >= 4 is 11.9 Å². The van der Waals surface area contributed by atoms with Crippen molar-refractivity contribution in [2.45, 2.75) is 12.3 Å². The Hall–Kier alpha value is -1.88. The number of rotatable bonds is 5. The number of hydrogen-bond donors (Lipinski definition) is 2. The number of nitrogens with two attached hydrogens (primary N) is 1. The van der Waals surface area contributed by atoms with Crippen molar-refractivity contribution in [1.82, 2.24) is 0 Å². The largest absolute Gasteiger partial charge is 0.481 e. The number of methoxy groups -OCH3 is 1. The summed E-state index contributed by atoms with van der Waals surface area (Å²) in [5, 5.41) is 8.79. The molecule has 0 radical (unpaired) electrons. The second-order valence-electron chi connectivity index (χ2n) is 3.61. The number of carbonyl (C=O) groups excluding carboxylic acids is 1. The lowest BCUT2D eigenvalue weighted by Crippen LogP contribution is -2.19. The Labute approximate surface area is 99.2 Å². The average Bonchev–Trinajstić information content (AvgIpc) is 2.34. The topological polar surface area (TPSA) is 89.6 Å². The molecule has 3 N–H and O–H groups in total. The maximum absolute atomic E-state index is 11.5. The van der Waals surface area contributed by atoms with Gasteiger partial charge in [-0.2, -0.15) is 0 Å². The molecule has 1 aromatic carbocycles. The summed E-state index contributed by atoms with van der Waals surface area (Å²) in [5.74, 6) is -1.81. The first-order valence-electron chi connectivity index (χ1n) is 5.19. The van der Waals surface area contributed by atoms with Crippen LogP contribution in [-0.4, -0.2) is 30.7 Å². The molecule has 0 aromatic heterocycles. The van der Waals surface area contributed by atoms with Gasteiger partial charge in [-0.05, 0) is 18.2 Å². The van der Waals surface area contributed by atoms with E-state index in [1.165, 1.54) is 7.11 Å². The quantitative estimate of drug-likeness (QED) is 0.745. The van der Waals surface area contributed by atoms with E-state index in [1.54, 1.807) is 24.3 Å². The molecule has 1 atom stereocenters. The minimum Gasteiger partial charge on any atom is -0.481 e. The van der Waals surface area contributed by atoms with Crippen molar-refractivity contribution in [2.75, 3.05) is 13.7 Å². The first-order chi connectivity index (χ1) is 8.10. The van der Waals surface area contributed by atoms with Crippen molar-refractivity contribution in [1.29, 1.82) is 0 Å². The van der Waals surface area contributed by atoms with Crippen LogP contribution in [0.2, 0.25) is 0 Å². The number of carboxylic acid groups (broad SMARTS) is 1.